The van der Waals surface area contributed by atoms with Crippen LogP contribution in [0.4, 0.5) is 5.82 Å². The van der Waals surface area contributed by atoms with Crippen molar-refractivity contribution >= 4 is 11.7 Å². The number of carbonyl (C=O) groups excluding carboxylic acids is 1. The summed E-state index contributed by atoms with van der Waals surface area (Å²) in [4.78, 5) is 17.5. The minimum atomic E-state index is -0.0252. The number of aromatic nitrogens is 1. The van der Waals surface area contributed by atoms with Gasteiger partial charge in [0, 0.05) is 32.4 Å². The van der Waals surface area contributed by atoms with E-state index in [-0.39, 0.29) is 11.4 Å². The third-order valence-corrected chi connectivity index (χ3v) is 2.68. The number of amides is 1. The SMILES string of the molecule is CNC(=O)CN(C)c1ccc(CNC(C)(C)C)cn1. The minimum Gasteiger partial charge on any atom is -0.358 e. The van der Waals surface area contributed by atoms with Crippen molar-refractivity contribution in [1.82, 2.24) is 15.6 Å². The first kappa shape index (κ1) is 15.4. The summed E-state index contributed by atoms with van der Waals surface area (Å²) in [6.45, 7) is 7.49. The van der Waals surface area contributed by atoms with Crippen LogP contribution in [-0.2, 0) is 11.3 Å². The van der Waals surface area contributed by atoms with E-state index in [1.807, 2.05) is 30.3 Å². The molecule has 0 spiro atoms. The van der Waals surface area contributed by atoms with Crippen LogP contribution in [0.5, 0.6) is 0 Å². The second-order valence-corrected chi connectivity index (χ2v) is 5.66. The minimum absolute atomic E-state index is 0.0252. The second-order valence-electron chi connectivity index (χ2n) is 5.66. The zero-order valence-corrected chi connectivity index (χ0v) is 12.4. The zero-order chi connectivity index (χ0) is 14.5. The van der Waals surface area contributed by atoms with Crippen LogP contribution in [0.1, 0.15) is 26.3 Å². The standard InChI is InChI=1S/C14H24N4O/c1-14(2,3)17-9-11-6-7-12(16-8-11)18(5)10-13(19)15-4/h6-8,17H,9-10H2,1-5H3,(H,15,19). The number of rotatable bonds is 5. The third-order valence-electron chi connectivity index (χ3n) is 2.68. The molecule has 0 aliphatic heterocycles. The van der Waals surface area contributed by atoms with Crippen LogP contribution in [0.3, 0.4) is 0 Å². The largest absolute Gasteiger partial charge is 0.358 e. The molecule has 0 bridgehead atoms. The Balaban J connectivity index is 2.58. The van der Waals surface area contributed by atoms with Crippen LogP contribution in [0.2, 0.25) is 0 Å². The predicted molar refractivity (Wildman–Crippen MR) is 78.2 cm³/mol. The molecule has 1 heterocycles. The summed E-state index contributed by atoms with van der Waals surface area (Å²) in [5.74, 6) is 0.769. The highest BCUT2D eigenvalue weighted by Crippen LogP contribution is 2.10. The summed E-state index contributed by atoms with van der Waals surface area (Å²) in [6, 6.07) is 3.96. The number of pyridine rings is 1. The van der Waals surface area contributed by atoms with E-state index in [1.165, 1.54) is 0 Å². The van der Waals surface area contributed by atoms with Crippen molar-refractivity contribution in [3.05, 3.63) is 23.9 Å². The fraction of sp³-hybridized carbons (Fsp3) is 0.571. The Morgan fingerprint density at radius 1 is 1.37 bits per heavy atom. The topological polar surface area (TPSA) is 57.3 Å². The Kier molecular flexibility index (Phi) is 5.30. The van der Waals surface area contributed by atoms with Gasteiger partial charge in [-0.2, -0.15) is 0 Å². The normalized spacial score (nSPS) is 11.2. The lowest BCUT2D eigenvalue weighted by Crippen LogP contribution is -2.35. The molecular formula is C14H24N4O. The van der Waals surface area contributed by atoms with E-state index >= 15 is 0 Å². The van der Waals surface area contributed by atoms with Crippen molar-refractivity contribution < 1.29 is 4.79 Å². The molecule has 1 aromatic heterocycles. The van der Waals surface area contributed by atoms with Gasteiger partial charge in [-0.05, 0) is 32.4 Å². The van der Waals surface area contributed by atoms with Crippen LogP contribution in [0.25, 0.3) is 0 Å². The summed E-state index contributed by atoms with van der Waals surface area (Å²) in [5, 5.41) is 6.01. The number of hydrogen-bond acceptors (Lipinski definition) is 4. The molecule has 0 aliphatic carbocycles. The molecule has 0 aliphatic rings. The lowest BCUT2D eigenvalue weighted by atomic mass is 10.1. The average molecular weight is 264 g/mol. The summed E-state index contributed by atoms with van der Waals surface area (Å²) in [5.41, 5.74) is 1.22. The average Bonchev–Trinajstić information content (AvgIpc) is 2.36. The van der Waals surface area contributed by atoms with Gasteiger partial charge in [-0.25, -0.2) is 4.98 Å². The van der Waals surface area contributed by atoms with Crippen LogP contribution in [0.15, 0.2) is 18.3 Å². The van der Waals surface area contributed by atoms with E-state index in [1.54, 1.807) is 7.05 Å². The van der Waals surface area contributed by atoms with Crippen molar-refractivity contribution in [2.75, 3.05) is 25.5 Å². The fourth-order valence-electron chi connectivity index (χ4n) is 1.49. The molecule has 1 aromatic rings. The van der Waals surface area contributed by atoms with Crippen molar-refractivity contribution in [1.29, 1.82) is 0 Å². The van der Waals surface area contributed by atoms with E-state index in [0.29, 0.717) is 6.54 Å². The fourth-order valence-corrected chi connectivity index (χ4v) is 1.49. The smallest absolute Gasteiger partial charge is 0.239 e. The molecule has 5 heteroatoms. The highest BCUT2D eigenvalue weighted by Gasteiger charge is 2.09. The summed E-state index contributed by atoms with van der Waals surface area (Å²) >= 11 is 0. The number of carbonyl (C=O) groups is 1. The van der Waals surface area contributed by atoms with Gasteiger partial charge < -0.3 is 15.5 Å². The molecule has 0 fully saturated rings. The summed E-state index contributed by atoms with van der Waals surface area (Å²) in [6.07, 6.45) is 1.84. The zero-order valence-electron chi connectivity index (χ0n) is 12.4. The molecule has 106 valence electrons. The van der Waals surface area contributed by atoms with Gasteiger partial charge in [-0.3, -0.25) is 4.79 Å². The molecule has 0 radical (unpaired) electrons. The lowest BCUT2D eigenvalue weighted by molar-refractivity contribution is -0.119. The first-order chi connectivity index (χ1) is 8.81. The lowest BCUT2D eigenvalue weighted by Gasteiger charge is -2.21. The highest BCUT2D eigenvalue weighted by atomic mass is 16.1. The first-order valence-electron chi connectivity index (χ1n) is 6.43. The Hall–Kier alpha value is -1.62. The van der Waals surface area contributed by atoms with Crippen molar-refractivity contribution in [2.45, 2.75) is 32.9 Å². The van der Waals surface area contributed by atoms with Crippen LogP contribution < -0.4 is 15.5 Å². The number of nitrogens with one attached hydrogen (secondary N) is 2. The summed E-state index contributed by atoms with van der Waals surface area (Å²) in [7, 11) is 3.48. The number of hydrogen-bond donors (Lipinski definition) is 2. The molecule has 0 aromatic carbocycles. The second kappa shape index (κ2) is 6.52. The van der Waals surface area contributed by atoms with E-state index in [9.17, 15) is 4.79 Å². The monoisotopic (exact) mass is 264 g/mol. The van der Waals surface area contributed by atoms with Gasteiger partial charge in [0.2, 0.25) is 5.91 Å². The van der Waals surface area contributed by atoms with Gasteiger partial charge in [0.05, 0.1) is 6.54 Å². The maximum atomic E-state index is 11.3. The van der Waals surface area contributed by atoms with Gasteiger partial charge in [0.15, 0.2) is 0 Å². The van der Waals surface area contributed by atoms with Gasteiger partial charge in [0.1, 0.15) is 5.82 Å². The van der Waals surface area contributed by atoms with Crippen LogP contribution in [0, 0.1) is 0 Å². The van der Waals surface area contributed by atoms with Crippen molar-refractivity contribution in [3.63, 3.8) is 0 Å². The van der Waals surface area contributed by atoms with Crippen molar-refractivity contribution in [2.24, 2.45) is 0 Å². The molecule has 5 nitrogen and oxygen atoms in total. The predicted octanol–water partition coefficient (Wildman–Crippen LogP) is 1.15. The molecule has 19 heavy (non-hydrogen) atoms. The first-order valence-corrected chi connectivity index (χ1v) is 6.43. The van der Waals surface area contributed by atoms with Gasteiger partial charge in [0.25, 0.3) is 0 Å². The summed E-state index contributed by atoms with van der Waals surface area (Å²) < 4.78 is 0. The Morgan fingerprint density at radius 2 is 2.05 bits per heavy atom. The number of nitrogens with zero attached hydrogens (tertiary/aromatic N) is 2. The van der Waals surface area contributed by atoms with E-state index in [4.69, 9.17) is 0 Å². The molecule has 0 unspecified atom stereocenters. The molecule has 2 N–H and O–H groups in total. The Morgan fingerprint density at radius 3 is 2.53 bits per heavy atom. The Labute approximate surface area is 115 Å². The van der Waals surface area contributed by atoms with E-state index < -0.39 is 0 Å². The highest BCUT2D eigenvalue weighted by molar-refractivity contribution is 5.80. The maximum absolute atomic E-state index is 11.3. The molecule has 0 saturated carbocycles. The van der Waals surface area contributed by atoms with E-state index in [2.05, 4.69) is 36.4 Å². The van der Waals surface area contributed by atoms with Crippen molar-refractivity contribution in [3.8, 4) is 0 Å². The molecule has 1 rings (SSSR count). The van der Waals surface area contributed by atoms with E-state index in [0.717, 1.165) is 17.9 Å². The quantitative estimate of drug-likeness (QED) is 0.837. The van der Waals surface area contributed by atoms with Gasteiger partial charge in [-0.1, -0.05) is 6.07 Å². The Bertz CT molecular complexity index is 408. The van der Waals surface area contributed by atoms with Crippen LogP contribution in [-0.4, -0.2) is 37.1 Å². The number of anilines is 1. The maximum Gasteiger partial charge on any atom is 0.239 e. The number of likely N-dealkylation sites (N-methyl/N-ethyl adjacent to an activating group) is 2. The van der Waals surface area contributed by atoms with Crippen LogP contribution >= 0.6 is 0 Å². The molecule has 1 amide bonds. The molecule has 0 atom stereocenters. The van der Waals surface area contributed by atoms with Gasteiger partial charge in [-0.15, -0.1) is 0 Å². The van der Waals surface area contributed by atoms with Gasteiger partial charge >= 0.3 is 0 Å². The molecule has 0 saturated heterocycles. The third kappa shape index (κ3) is 5.70. The molecular weight excluding hydrogens is 240 g/mol.